The van der Waals surface area contributed by atoms with Crippen LogP contribution < -0.4 is 16.2 Å². The Labute approximate surface area is 136 Å². The smallest absolute Gasteiger partial charge is 0.239 e. The largest absolute Gasteiger partial charge is 0.348 e. The molecule has 0 radical (unpaired) electrons. The molecule has 2 fully saturated rings. The van der Waals surface area contributed by atoms with Crippen LogP contribution in [-0.4, -0.2) is 32.7 Å². The van der Waals surface area contributed by atoms with Crippen molar-refractivity contribution in [3.63, 3.8) is 0 Å². The Bertz CT molecular complexity index is 683. The van der Waals surface area contributed by atoms with Gasteiger partial charge in [0.25, 0.3) is 0 Å². The molecule has 7 heteroatoms. The van der Waals surface area contributed by atoms with E-state index in [4.69, 9.17) is 0 Å². The lowest BCUT2D eigenvalue weighted by Crippen LogP contribution is -2.44. The molecule has 1 saturated heterocycles. The molecule has 3 rings (SSSR count). The van der Waals surface area contributed by atoms with E-state index in [2.05, 4.69) is 16.2 Å². The standard InChI is InChI=1S/C16H23N3O3S/c1-10(11-5-7-13(8-6-11)23(2,21)22)17-16(20)15-9-14(18-19-15)12-3-4-12/h5-8,10,12,14-15,18-19H,3-4,9H2,1-2H3,(H,17,20). The highest BCUT2D eigenvalue weighted by Crippen LogP contribution is 2.35. The zero-order chi connectivity index (χ0) is 16.6. The summed E-state index contributed by atoms with van der Waals surface area (Å²) in [6, 6.07) is 6.66. The molecule has 2 aliphatic rings. The molecule has 1 aromatic carbocycles. The van der Waals surface area contributed by atoms with Gasteiger partial charge in [-0.2, -0.15) is 0 Å². The predicted molar refractivity (Wildman–Crippen MR) is 87.3 cm³/mol. The molecule has 0 bridgehead atoms. The minimum Gasteiger partial charge on any atom is -0.348 e. The molecule has 126 valence electrons. The average Bonchev–Trinajstić information content (AvgIpc) is 3.23. The van der Waals surface area contributed by atoms with Gasteiger partial charge in [-0.1, -0.05) is 12.1 Å². The van der Waals surface area contributed by atoms with Crippen LogP contribution in [-0.2, 0) is 14.6 Å². The topological polar surface area (TPSA) is 87.3 Å². The minimum absolute atomic E-state index is 0.0275. The second kappa shape index (κ2) is 6.22. The normalized spacial score (nSPS) is 26.0. The van der Waals surface area contributed by atoms with Gasteiger partial charge in [0.05, 0.1) is 10.9 Å². The molecule has 0 spiro atoms. The number of carbonyl (C=O) groups is 1. The maximum atomic E-state index is 12.3. The summed E-state index contributed by atoms with van der Waals surface area (Å²) in [5, 5.41) is 2.99. The summed E-state index contributed by atoms with van der Waals surface area (Å²) < 4.78 is 22.9. The highest BCUT2D eigenvalue weighted by Gasteiger charge is 2.38. The highest BCUT2D eigenvalue weighted by molar-refractivity contribution is 7.90. The number of sulfone groups is 1. The second-order valence-electron chi connectivity index (χ2n) is 6.59. The molecule has 3 N–H and O–H groups in total. The maximum Gasteiger partial charge on any atom is 0.239 e. The third-order valence-electron chi connectivity index (χ3n) is 4.61. The Morgan fingerprint density at radius 1 is 1.22 bits per heavy atom. The van der Waals surface area contributed by atoms with E-state index >= 15 is 0 Å². The summed E-state index contributed by atoms with van der Waals surface area (Å²) in [7, 11) is -3.20. The van der Waals surface area contributed by atoms with E-state index in [-0.39, 0.29) is 22.9 Å². The maximum absolute atomic E-state index is 12.3. The molecule has 1 aliphatic carbocycles. The number of amides is 1. The van der Waals surface area contributed by atoms with Gasteiger partial charge in [0.15, 0.2) is 9.84 Å². The zero-order valence-electron chi connectivity index (χ0n) is 13.4. The molecule has 6 nitrogen and oxygen atoms in total. The molecule has 3 atom stereocenters. The molecule has 1 aliphatic heterocycles. The van der Waals surface area contributed by atoms with Crippen molar-refractivity contribution >= 4 is 15.7 Å². The number of benzene rings is 1. The van der Waals surface area contributed by atoms with Gasteiger partial charge in [-0.05, 0) is 49.8 Å². The van der Waals surface area contributed by atoms with Crippen LogP contribution in [0.1, 0.15) is 37.8 Å². The van der Waals surface area contributed by atoms with Gasteiger partial charge in [0.2, 0.25) is 5.91 Å². The van der Waals surface area contributed by atoms with Gasteiger partial charge in [0.1, 0.15) is 6.04 Å². The van der Waals surface area contributed by atoms with Gasteiger partial charge >= 0.3 is 0 Å². The molecular weight excluding hydrogens is 314 g/mol. The summed E-state index contributed by atoms with van der Waals surface area (Å²) in [5.74, 6) is 0.682. The monoisotopic (exact) mass is 337 g/mol. The van der Waals surface area contributed by atoms with Crippen molar-refractivity contribution in [1.82, 2.24) is 16.2 Å². The Hall–Kier alpha value is -1.44. The third kappa shape index (κ3) is 3.91. The third-order valence-corrected chi connectivity index (χ3v) is 5.74. The number of hydrazine groups is 1. The van der Waals surface area contributed by atoms with E-state index in [9.17, 15) is 13.2 Å². The van der Waals surface area contributed by atoms with Gasteiger partial charge < -0.3 is 5.32 Å². The van der Waals surface area contributed by atoms with Gasteiger partial charge in [-0.3, -0.25) is 10.2 Å². The van der Waals surface area contributed by atoms with Crippen molar-refractivity contribution in [2.45, 2.75) is 49.2 Å². The molecule has 1 saturated carbocycles. The average molecular weight is 337 g/mol. The summed E-state index contributed by atoms with van der Waals surface area (Å²) in [6.07, 6.45) is 4.49. The Morgan fingerprint density at radius 3 is 2.43 bits per heavy atom. The Morgan fingerprint density at radius 2 is 1.87 bits per heavy atom. The van der Waals surface area contributed by atoms with Crippen LogP contribution in [0.5, 0.6) is 0 Å². The number of nitrogens with one attached hydrogen (secondary N) is 3. The van der Waals surface area contributed by atoms with E-state index in [0.717, 1.165) is 12.0 Å². The lowest BCUT2D eigenvalue weighted by atomic mass is 10.0. The first kappa shape index (κ1) is 16.4. The number of carbonyl (C=O) groups excluding carboxylic acids is 1. The summed E-state index contributed by atoms with van der Waals surface area (Å²) in [4.78, 5) is 12.6. The van der Waals surface area contributed by atoms with Crippen molar-refractivity contribution in [2.75, 3.05) is 6.26 Å². The van der Waals surface area contributed by atoms with Crippen LogP contribution in [0.15, 0.2) is 29.2 Å². The van der Waals surface area contributed by atoms with E-state index in [0.29, 0.717) is 12.0 Å². The molecule has 1 aromatic rings. The summed E-state index contributed by atoms with van der Waals surface area (Å²) in [5.41, 5.74) is 7.17. The first-order chi connectivity index (χ1) is 10.8. The molecule has 3 unspecified atom stereocenters. The summed E-state index contributed by atoms with van der Waals surface area (Å²) >= 11 is 0. The molecule has 0 aromatic heterocycles. The minimum atomic E-state index is -3.20. The van der Waals surface area contributed by atoms with Crippen molar-refractivity contribution in [3.8, 4) is 0 Å². The van der Waals surface area contributed by atoms with Gasteiger partial charge in [-0.15, -0.1) is 0 Å². The predicted octanol–water partition coefficient (Wildman–Crippen LogP) is 0.912. The molecular formula is C16H23N3O3S. The highest BCUT2D eigenvalue weighted by atomic mass is 32.2. The van der Waals surface area contributed by atoms with Crippen LogP contribution in [0.2, 0.25) is 0 Å². The fourth-order valence-corrected chi connectivity index (χ4v) is 3.59. The molecule has 1 heterocycles. The Kier molecular flexibility index (Phi) is 4.44. The first-order valence-corrected chi connectivity index (χ1v) is 9.85. The van der Waals surface area contributed by atoms with E-state index < -0.39 is 9.84 Å². The van der Waals surface area contributed by atoms with E-state index in [1.807, 2.05) is 6.92 Å². The molecule has 1 amide bonds. The van der Waals surface area contributed by atoms with Crippen LogP contribution in [0.25, 0.3) is 0 Å². The fourth-order valence-electron chi connectivity index (χ4n) is 2.96. The van der Waals surface area contributed by atoms with Gasteiger partial charge in [0, 0.05) is 12.3 Å². The summed E-state index contributed by atoms with van der Waals surface area (Å²) in [6.45, 7) is 1.90. The van der Waals surface area contributed by atoms with Crippen molar-refractivity contribution in [2.24, 2.45) is 5.92 Å². The van der Waals surface area contributed by atoms with E-state index in [1.54, 1.807) is 24.3 Å². The quantitative estimate of drug-likeness (QED) is 0.743. The van der Waals surface area contributed by atoms with Crippen molar-refractivity contribution in [3.05, 3.63) is 29.8 Å². The number of hydrogen-bond donors (Lipinski definition) is 3. The SMILES string of the molecule is CC(NC(=O)C1CC(C2CC2)NN1)c1ccc(S(C)(=O)=O)cc1. The fraction of sp³-hybridized carbons (Fsp3) is 0.562. The zero-order valence-corrected chi connectivity index (χ0v) is 14.2. The lowest BCUT2D eigenvalue weighted by Gasteiger charge is -2.17. The van der Waals surface area contributed by atoms with Crippen LogP contribution >= 0.6 is 0 Å². The van der Waals surface area contributed by atoms with Crippen molar-refractivity contribution < 1.29 is 13.2 Å². The first-order valence-electron chi connectivity index (χ1n) is 7.96. The van der Waals surface area contributed by atoms with Gasteiger partial charge in [-0.25, -0.2) is 13.8 Å². The number of hydrogen-bond acceptors (Lipinski definition) is 5. The van der Waals surface area contributed by atoms with Crippen molar-refractivity contribution in [1.29, 1.82) is 0 Å². The Balaban J connectivity index is 1.58. The van der Waals surface area contributed by atoms with Crippen LogP contribution in [0, 0.1) is 5.92 Å². The van der Waals surface area contributed by atoms with E-state index in [1.165, 1.54) is 19.1 Å². The lowest BCUT2D eigenvalue weighted by molar-refractivity contribution is -0.123. The second-order valence-corrected chi connectivity index (χ2v) is 8.61. The van der Waals surface area contributed by atoms with Crippen LogP contribution in [0.3, 0.4) is 0 Å². The number of rotatable bonds is 5. The van der Waals surface area contributed by atoms with Crippen LogP contribution in [0.4, 0.5) is 0 Å². The molecule has 23 heavy (non-hydrogen) atoms.